The van der Waals surface area contributed by atoms with Crippen LogP contribution in [-0.4, -0.2) is 13.4 Å². The molecule has 0 aromatic carbocycles. The van der Waals surface area contributed by atoms with Crippen LogP contribution in [0.5, 0.6) is 0 Å². The van der Waals surface area contributed by atoms with Crippen molar-refractivity contribution in [3.05, 3.63) is 24.3 Å². The molecule has 0 heterocycles. The van der Waals surface area contributed by atoms with Gasteiger partial charge in [0.05, 0.1) is 0 Å². The van der Waals surface area contributed by atoms with E-state index in [2.05, 4.69) is 5.14 Å². The second kappa shape index (κ2) is 2.42. The summed E-state index contributed by atoms with van der Waals surface area (Å²) in [6.45, 7) is 0. The lowest BCUT2D eigenvalue weighted by Gasteiger charge is -2.18. The monoisotopic (exact) mass is 177 g/mol. The molecule has 0 fully saturated rings. The Morgan fingerprint density at radius 2 is 2.09 bits per heavy atom. The Labute approximate surface area is 64.4 Å². The van der Waals surface area contributed by atoms with Crippen LogP contribution in [-0.2, 0) is 10.0 Å². The average Bonchev–Trinajstić information content (AvgIpc) is 1.87. The Kier molecular flexibility index (Phi) is 1.85. The number of allylic oxidation sites excluding steroid dienone is 3. The minimum atomic E-state index is -4.13. The van der Waals surface area contributed by atoms with Crippen molar-refractivity contribution < 1.29 is 12.8 Å². The van der Waals surface area contributed by atoms with Crippen molar-refractivity contribution in [2.45, 2.75) is 11.4 Å². The number of halogens is 1. The Balaban J connectivity index is 3.04. The van der Waals surface area contributed by atoms with Crippen molar-refractivity contribution in [1.82, 2.24) is 0 Å². The molecule has 2 N–H and O–H groups in total. The molecule has 0 aliphatic heterocycles. The predicted octanol–water partition coefficient (Wildman–Crippen LogP) is 0.457. The molecular formula is C6H8FNO2S. The maximum Gasteiger partial charge on any atom is 0.248 e. The lowest BCUT2D eigenvalue weighted by molar-refractivity contribution is 0.331. The summed E-state index contributed by atoms with van der Waals surface area (Å²) >= 11 is 0. The molecule has 0 bridgehead atoms. The molecule has 1 atom stereocenters. The first-order valence-corrected chi connectivity index (χ1v) is 4.56. The molecule has 1 aliphatic carbocycles. The highest BCUT2D eigenvalue weighted by Crippen LogP contribution is 2.26. The summed E-state index contributed by atoms with van der Waals surface area (Å²) < 4.78 is 34.5. The lowest BCUT2D eigenvalue weighted by atomic mass is 10.1. The van der Waals surface area contributed by atoms with E-state index in [1.807, 2.05) is 0 Å². The highest BCUT2D eigenvalue weighted by molar-refractivity contribution is 7.90. The molecule has 0 spiro atoms. The van der Waals surface area contributed by atoms with Crippen LogP contribution in [0.2, 0.25) is 0 Å². The van der Waals surface area contributed by atoms with Gasteiger partial charge in [-0.15, -0.1) is 0 Å². The molecule has 1 rings (SSSR count). The number of rotatable bonds is 1. The zero-order chi connectivity index (χ0) is 8.54. The van der Waals surface area contributed by atoms with Gasteiger partial charge >= 0.3 is 0 Å². The van der Waals surface area contributed by atoms with Gasteiger partial charge in [-0.25, -0.2) is 17.9 Å². The number of sulfonamides is 1. The third-order valence-electron chi connectivity index (χ3n) is 1.46. The van der Waals surface area contributed by atoms with Gasteiger partial charge in [-0.2, -0.15) is 0 Å². The third kappa shape index (κ3) is 1.49. The maximum atomic E-state index is 13.2. The van der Waals surface area contributed by atoms with Gasteiger partial charge in [0, 0.05) is 6.42 Å². The van der Waals surface area contributed by atoms with Gasteiger partial charge in [0.15, 0.2) is 0 Å². The maximum absolute atomic E-state index is 13.2. The van der Waals surface area contributed by atoms with Gasteiger partial charge in [0.25, 0.3) is 0 Å². The molecule has 1 aliphatic rings. The van der Waals surface area contributed by atoms with Gasteiger partial charge in [-0.05, 0) is 6.08 Å². The first kappa shape index (κ1) is 8.42. The van der Waals surface area contributed by atoms with E-state index in [9.17, 15) is 12.8 Å². The van der Waals surface area contributed by atoms with Crippen LogP contribution in [0.25, 0.3) is 0 Å². The van der Waals surface area contributed by atoms with Crippen LogP contribution in [0.15, 0.2) is 24.3 Å². The third-order valence-corrected chi connectivity index (χ3v) is 2.71. The topological polar surface area (TPSA) is 60.2 Å². The quantitative estimate of drug-likeness (QED) is 0.632. The summed E-state index contributed by atoms with van der Waals surface area (Å²) in [5.41, 5.74) is 0. The number of alkyl halides is 1. The molecule has 0 saturated carbocycles. The van der Waals surface area contributed by atoms with E-state index < -0.39 is 15.0 Å². The number of hydrogen-bond donors (Lipinski definition) is 1. The molecule has 0 radical (unpaired) electrons. The van der Waals surface area contributed by atoms with Crippen molar-refractivity contribution in [2.75, 3.05) is 0 Å². The molecule has 11 heavy (non-hydrogen) atoms. The van der Waals surface area contributed by atoms with E-state index in [1.165, 1.54) is 12.2 Å². The zero-order valence-electron chi connectivity index (χ0n) is 5.70. The van der Waals surface area contributed by atoms with Gasteiger partial charge < -0.3 is 0 Å². The molecule has 62 valence electrons. The molecule has 5 heteroatoms. The minimum Gasteiger partial charge on any atom is -0.226 e. The first-order chi connectivity index (χ1) is 4.96. The number of primary sulfonamides is 1. The normalized spacial score (nSPS) is 30.7. The van der Waals surface area contributed by atoms with E-state index in [-0.39, 0.29) is 6.42 Å². The summed E-state index contributed by atoms with van der Waals surface area (Å²) in [4.78, 5) is 0. The van der Waals surface area contributed by atoms with Crippen LogP contribution in [0, 0.1) is 0 Å². The summed E-state index contributed by atoms with van der Waals surface area (Å²) in [6.07, 6.45) is 5.06. The fourth-order valence-corrected chi connectivity index (χ4v) is 1.38. The van der Waals surface area contributed by atoms with Crippen LogP contribution >= 0.6 is 0 Å². The van der Waals surface area contributed by atoms with Crippen molar-refractivity contribution >= 4 is 10.0 Å². The number of hydrogen-bond acceptors (Lipinski definition) is 2. The fraction of sp³-hybridized carbons (Fsp3) is 0.333. The molecule has 1 unspecified atom stereocenters. The smallest absolute Gasteiger partial charge is 0.226 e. The van der Waals surface area contributed by atoms with E-state index in [0.717, 1.165) is 6.08 Å². The van der Waals surface area contributed by atoms with Crippen LogP contribution in [0.4, 0.5) is 4.39 Å². The SMILES string of the molecule is NS(=O)(=O)C1(F)C=CC=CC1. The Hall–Kier alpha value is -0.680. The molecule has 0 saturated heterocycles. The highest BCUT2D eigenvalue weighted by Gasteiger charge is 2.38. The summed E-state index contributed by atoms with van der Waals surface area (Å²) in [7, 11) is -4.13. The fourth-order valence-electron chi connectivity index (χ4n) is 0.786. The Bertz CT molecular complexity index is 307. The Morgan fingerprint density at radius 3 is 2.36 bits per heavy atom. The van der Waals surface area contributed by atoms with Gasteiger partial charge in [-0.1, -0.05) is 18.2 Å². The number of nitrogens with two attached hydrogens (primary N) is 1. The second-order valence-electron chi connectivity index (χ2n) is 2.32. The van der Waals surface area contributed by atoms with Crippen LogP contribution < -0.4 is 5.14 Å². The standard InChI is InChI=1S/C6H8FNO2S/c7-6(11(8,9)10)4-2-1-3-5-6/h1-4H,5H2,(H2,8,9,10). The molecule has 0 amide bonds. The van der Waals surface area contributed by atoms with E-state index in [4.69, 9.17) is 0 Å². The molecule has 0 aromatic heterocycles. The zero-order valence-corrected chi connectivity index (χ0v) is 6.51. The summed E-state index contributed by atoms with van der Waals surface area (Å²) in [6, 6.07) is 0. The van der Waals surface area contributed by atoms with Gasteiger partial charge in [-0.3, -0.25) is 0 Å². The predicted molar refractivity (Wildman–Crippen MR) is 39.8 cm³/mol. The molecule has 3 nitrogen and oxygen atoms in total. The second-order valence-corrected chi connectivity index (χ2v) is 4.09. The van der Waals surface area contributed by atoms with E-state index in [0.29, 0.717) is 0 Å². The van der Waals surface area contributed by atoms with Crippen molar-refractivity contribution in [1.29, 1.82) is 0 Å². The van der Waals surface area contributed by atoms with Crippen molar-refractivity contribution in [2.24, 2.45) is 5.14 Å². The summed E-state index contributed by atoms with van der Waals surface area (Å²) in [5, 5.41) is 2.26. The highest BCUT2D eigenvalue weighted by atomic mass is 32.2. The molecular weight excluding hydrogens is 169 g/mol. The van der Waals surface area contributed by atoms with Gasteiger partial charge in [0.1, 0.15) is 0 Å². The first-order valence-electron chi connectivity index (χ1n) is 3.01. The Morgan fingerprint density at radius 1 is 1.45 bits per heavy atom. The van der Waals surface area contributed by atoms with Gasteiger partial charge in [0.2, 0.25) is 15.0 Å². The lowest BCUT2D eigenvalue weighted by Crippen LogP contribution is -2.37. The molecule has 0 aromatic rings. The van der Waals surface area contributed by atoms with E-state index in [1.54, 1.807) is 6.08 Å². The van der Waals surface area contributed by atoms with E-state index >= 15 is 0 Å². The minimum absolute atomic E-state index is 0.206. The van der Waals surface area contributed by atoms with Crippen LogP contribution in [0.3, 0.4) is 0 Å². The van der Waals surface area contributed by atoms with Crippen molar-refractivity contribution in [3.8, 4) is 0 Å². The van der Waals surface area contributed by atoms with Crippen LogP contribution in [0.1, 0.15) is 6.42 Å². The van der Waals surface area contributed by atoms with Crippen molar-refractivity contribution in [3.63, 3.8) is 0 Å². The largest absolute Gasteiger partial charge is 0.248 e. The average molecular weight is 177 g/mol. The summed E-state index contributed by atoms with van der Waals surface area (Å²) in [5.74, 6) is 0.